The summed E-state index contributed by atoms with van der Waals surface area (Å²) < 4.78 is 43.0. The van der Waals surface area contributed by atoms with E-state index < -0.39 is 15.8 Å². The maximum Gasteiger partial charge on any atom is 0.261 e. The summed E-state index contributed by atoms with van der Waals surface area (Å²) in [7, 11) is -2.30. The Hall–Kier alpha value is -4.05. The van der Waals surface area contributed by atoms with Crippen LogP contribution in [0.15, 0.2) is 84.3 Å². The van der Waals surface area contributed by atoms with Crippen LogP contribution in [0.3, 0.4) is 0 Å². The third kappa shape index (κ3) is 5.22. The Balaban J connectivity index is 1.55. The Bertz CT molecular complexity index is 1440. The van der Waals surface area contributed by atoms with Crippen LogP contribution < -0.4 is 4.72 Å². The standard InChI is InChI=1S/C25H24FN5O3S/c1-17-4-13-23(35(33,34)29-21-9-7-20(26)8-10-21)14-24(17)25(32)30(3)18(2)19-5-11-22(12-6-19)31-16-27-15-28-31/h4-16,18,29H,1-3H3. The minimum Gasteiger partial charge on any atom is -0.335 e. The molecule has 4 aromatic rings. The molecule has 0 aliphatic heterocycles. The first-order chi connectivity index (χ1) is 16.7. The number of nitrogens with one attached hydrogen (secondary N) is 1. The lowest BCUT2D eigenvalue weighted by Gasteiger charge is -2.26. The molecule has 35 heavy (non-hydrogen) atoms. The number of aryl methyl sites for hydroxylation is 1. The first-order valence-electron chi connectivity index (χ1n) is 10.8. The van der Waals surface area contributed by atoms with Crippen molar-refractivity contribution in [2.75, 3.05) is 11.8 Å². The predicted molar refractivity (Wildman–Crippen MR) is 130 cm³/mol. The van der Waals surface area contributed by atoms with Gasteiger partial charge in [-0.05, 0) is 73.5 Å². The fraction of sp³-hybridized carbons (Fsp3) is 0.160. The zero-order valence-electron chi connectivity index (χ0n) is 19.4. The number of benzene rings is 3. The second kappa shape index (κ2) is 9.67. The largest absolute Gasteiger partial charge is 0.335 e. The van der Waals surface area contributed by atoms with Crippen molar-refractivity contribution in [3.05, 3.63) is 102 Å². The van der Waals surface area contributed by atoms with E-state index in [1.54, 1.807) is 35.9 Å². The van der Waals surface area contributed by atoms with Crippen molar-refractivity contribution in [2.24, 2.45) is 0 Å². The molecule has 1 aromatic heterocycles. The van der Waals surface area contributed by atoms with E-state index in [1.807, 2.05) is 31.2 Å². The molecular formula is C25H24FN5O3S. The summed E-state index contributed by atoms with van der Waals surface area (Å²) in [5.41, 5.74) is 2.90. The number of halogens is 1. The molecule has 0 saturated carbocycles. The molecule has 0 bridgehead atoms. The molecule has 3 aromatic carbocycles. The number of carbonyl (C=O) groups excluding carboxylic acids is 1. The summed E-state index contributed by atoms with van der Waals surface area (Å²) in [6.07, 6.45) is 3.05. The highest BCUT2D eigenvalue weighted by Gasteiger charge is 2.23. The average molecular weight is 494 g/mol. The molecule has 180 valence electrons. The second-order valence-electron chi connectivity index (χ2n) is 8.11. The van der Waals surface area contributed by atoms with Crippen LogP contribution in [0, 0.1) is 12.7 Å². The summed E-state index contributed by atoms with van der Waals surface area (Å²) in [6, 6.07) is 16.7. The zero-order chi connectivity index (χ0) is 25.2. The van der Waals surface area contributed by atoms with Gasteiger partial charge >= 0.3 is 0 Å². The van der Waals surface area contributed by atoms with E-state index in [9.17, 15) is 17.6 Å². The third-order valence-electron chi connectivity index (χ3n) is 5.81. The monoisotopic (exact) mass is 493 g/mol. The first kappa shape index (κ1) is 24.1. The summed E-state index contributed by atoms with van der Waals surface area (Å²) >= 11 is 0. The minimum absolute atomic E-state index is 0.0611. The Morgan fingerprint density at radius 3 is 2.37 bits per heavy atom. The molecule has 10 heteroatoms. The molecule has 0 fully saturated rings. The number of nitrogens with zero attached hydrogens (tertiary/aromatic N) is 4. The topological polar surface area (TPSA) is 97.2 Å². The molecule has 0 aliphatic carbocycles. The summed E-state index contributed by atoms with van der Waals surface area (Å²) in [6.45, 7) is 3.65. The minimum atomic E-state index is -3.98. The number of rotatable bonds is 7. The number of hydrogen-bond donors (Lipinski definition) is 1. The van der Waals surface area contributed by atoms with Gasteiger partial charge in [-0.25, -0.2) is 22.5 Å². The molecule has 0 radical (unpaired) electrons. The van der Waals surface area contributed by atoms with Gasteiger partial charge in [-0.2, -0.15) is 5.10 Å². The highest BCUT2D eigenvalue weighted by molar-refractivity contribution is 7.92. The number of sulfonamides is 1. The Morgan fingerprint density at radius 2 is 1.74 bits per heavy atom. The number of amides is 1. The maximum absolute atomic E-state index is 13.4. The molecule has 0 aliphatic rings. The summed E-state index contributed by atoms with van der Waals surface area (Å²) in [4.78, 5) is 18.8. The molecule has 1 amide bonds. The lowest BCUT2D eigenvalue weighted by Crippen LogP contribution is -2.30. The van der Waals surface area contributed by atoms with Crippen LogP contribution in [0.1, 0.15) is 34.5 Å². The van der Waals surface area contributed by atoms with E-state index in [2.05, 4.69) is 14.8 Å². The van der Waals surface area contributed by atoms with E-state index in [4.69, 9.17) is 0 Å². The van der Waals surface area contributed by atoms with Crippen molar-refractivity contribution in [3.63, 3.8) is 0 Å². The van der Waals surface area contributed by atoms with Crippen LogP contribution in [0.25, 0.3) is 5.69 Å². The van der Waals surface area contributed by atoms with Crippen molar-refractivity contribution in [3.8, 4) is 5.69 Å². The van der Waals surface area contributed by atoms with Crippen LogP contribution >= 0.6 is 0 Å². The normalized spacial score (nSPS) is 12.2. The predicted octanol–water partition coefficient (Wildman–Crippen LogP) is 4.35. The van der Waals surface area contributed by atoms with E-state index in [1.165, 1.54) is 30.6 Å². The first-order valence-corrected chi connectivity index (χ1v) is 12.3. The zero-order valence-corrected chi connectivity index (χ0v) is 20.2. The molecule has 0 spiro atoms. The van der Waals surface area contributed by atoms with E-state index >= 15 is 0 Å². The van der Waals surface area contributed by atoms with Gasteiger partial charge in [0.2, 0.25) is 0 Å². The fourth-order valence-corrected chi connectivity index (χ4v) is 4.65. The van der Waals surface area contributed by atoms with Gasteiger partial charge in [-0.3, -0.25) is 9.52 Å². The van der Waals surface area contributed by atoms with Crippen LogP contribution in [0.5, 0.6) is 0 Å². The second-order valence-corrected chi connectivity index (χ2v) is 9.80. The summed E-state index contributed by atoms with van der Waals surface area (Å²) in [5.74, 6) is -0.782. The molecule has 1 unspecified atom stereocenters. The van der Waals surface area contributed by atoms with Gasteiger partial charge in [0.05, 0.1) is 16.6 Å². The Labute approximate surface area is 203 Å². The smallest absolute Gasteiger partial charge is 0.261 e. The SMILES string of the molecule is Cc1ccc(S(=O)(=O)Nc2ccc(F)cc2)cc1C(=O)N(C)C(C)c1ccc(-n2cncn2)cc1. The van der Waals surface area contributed by atoms with Crippen molar-refractivity contribution >= 4 is 21.6 Å². The highest BCUT2D eigenvalue weighted by atomic mass is 32.2. The fourth-order valence-electron chi connectivity index (χ4n) is 3.57. The maximum atomic E-state index is 13.4. The van der Waals surface area contributed by atoms with Gasteiger partial charge in [0, 0.05) is 18.3 Å². The van der Waals surface area contributed by atoms with Crippen LogP contribution in [-0.4, -0.2) is 41.0 Å². The van der Waals surface area contributed by atoms with E-state index in [0.29, 0.717) is 5.56 Å². The van der Waals surface area contributed by atoms with Crippen molar-refractivity contribution in [1.82, 2.24) is 19.7 Å². The van der Waals surface area contributed by atoms with Gasteiger partial charge in [-0.1, -0.05) is 18.2 Å². The molecule has 1 N–H and O–H groups in total. The lowest BCUT2D eigenvalue weighted by molar-refractivity contribution is 0.0741. The van der Waals surface area contributed by atoms with Gasteiger partial charge in [0.25, 0.3) is 15.9 Å². The Morgan fingerprint density at radius 1 is 1.06 bits per heavy atom. The number of aromatic nitrogens is 3. The molecular weight excluding hydrogens is 469 g/mol. The van der Waals surface area contributed by atoms with Crippen LogP contribution in [-0.2, 0) is 10.0 Å². The van der Waals surface area contributed by atoms with Crippen molar-refractivity contribution < 1.29 is 17.6 Å². The van der Waals surface area contributed by atoms with Crippen LogP contribution in [0.4, 0.5) is 10.1 Å². The molecule has 1 heterocycles. The van der Waals surface area contributed by atoms with Gasteiger partial charge in [-0.15, -0.1) is 0 Å². The van der Waals surface area contributed by atoms with Gasteiger partial charge in [0.1, 0.15) is 18.5 Å². The van der Waals surface area contributed by atoms with Gasteiger partial charge in [0.15, 0.2) is 0 Å². The van der Waals surface area contributed by atoms with E-state index in [-0.39, 0.29) is 28.1 Å². The van der Waals surface area contributed by atoms with Crippen LogP contribution in [0.2, 0.25) is 0 Å². The van der Waals surface area contributed by atoms with E-state index in [0.717, 1.165) is 23.4 Å². The molecule has 0 saturated heterocycles. The van der Waals surface area contributed by atoms with Crippen molar-refractivity contribution in [1.29, 1.82) is 0 Å². The number of anilines is 1. The summed E-state index contributed by atoms with van der Waals surface area (Å²) in [5, 5.41) is 4.10. The third-order valence-corrected chi connectivity index (χ3v) is 7.19. The Kier molecular flexibility index (Phi) is 6.65. The average Bonchev–Trinajstić information content (AvgIpc) is 3.39. The number of hydrogen-bond acceptors (Lipinski definition) is 5. The molecule has 1 atom stereocenters. The van der Waals surface area contributed by atoms with Crippen molar-refractivity contribution in [2.45, 2.75) is 24.8 Å². The highest BCUT2D eigenvalue weighted by Crippen LogP contribution is 2.25. The lowest BCUT2D eigenvalue weighted by atomic mass is 10.0. The van der Waals surface area contributed by atoms with Gasteiger partial charge < -0.3 is 4.90 Å². The quantitative estimate of drug-likeness (QED) is 0.413. The molecule has 4 rings (SSSR count). The number of carbonyl (C=O) groups is 1. The molecule has 8 nitrogen and oxygen atoms in total.